The van der Waals surface area contributed by atoms with E-state index < -0.39 is 0 Å². The molecule has 2 N–H and O–H groups in total. The largest absolute Gasteiger partial charge is 0.408 e. The number of aromatic nitrogens is 3. The van der Waals surface area contributed by atoms with E-state index in [4.69, 9.17) is 4.42 Å². The van der Waals surface area contributed by atoms with Crippen molar-refractivity contribution in [2.24, 2.45) is 0 Å². The lowest BCUT2D eigenvalue weighted by atomic mass is 10.1. The monoisotopic (exact) mass is 283 g/mol. The van der Waals surface area contributed by atoms with Gasteiger partial charge in [0, 0.05) is 19.4 Å². The highest BCUT2D eigenvalue weighted by Gasteiger charge is 2.15. The van der Waals surface area contributed by atoms with Gasteiger partial charge in [-0.05, 0) is 12.1 Å². The van der Waals surface area contributed by atoms with E-state index in [0.717, 1.165) is 10.9 Å². The van der Waals surface area contributed by atoms with Crippen molar-refractivity contribution in [3.8, 4) is 0 Å². The summed E-state index contributed by atoms with van der Waals surface area (Å²) in [5, 5.41) is 13.7. The van der Waals surface area contributed by atoms with Crippen molar-refractivity contribution in [2.45, 2.75) is 6.92 Å². The van der Waals surface area contributed by atoms with Crippen LogP contribution in [0.2, 0.25) is 0 Å². The molecule has 3 rings (SSSR count). The molecule has 0 saturated heterocycles. The van der Waals surface area contributed by atoms with Gasteiger partial charge in [-0.2, -0.15) is 0 Å². The van der Waals surface area contributed by atoms with Gasteiger partial charge in [0.05, 0.1) is 11.1 Å². The topological polar surface area (TPSA) is 92.9 Å². The molecule has 3 aromatic rings. The van der Waals surface area contributed by atoms with Crippen LogP contribution in [0.5, 0.6) is 0 Å². The van der Waals surface area contributed by atoms with Crippen LogP contribution in [-0.4, -0.2) is 28.1 Å². The predicted octanol–water partition coefficient (Wildman–Crippen LogP) is 2.22. The molecule has 21 heavy (non-hydrogen) atoms. The minimum absolute atomic E-state index is 0.0735. The van der Waals surface area contributed by atoms with E-state index in [0.29, 0.717) is 17.3 Å². The smallest absolute Gasteiger partial charge is 0.322 e. The van der Waals surface area contributed by atoms with Crippen LogP contribution >= 0.6 is 0 Å². The summed E-state index contributed by atoms with van der Waals surface area (Å²) in [4.78, 5) is 16.8. The average molecular weight is 283 g/mol. The third-order valence-electron chi connectivity index (χ3n) is 2.96. The first-order valence-electron chi connectivity index (χ1n) is 6.36. The first-order chi connectivity index (χ1) is 10.2. The van der Waals surface area contributed by atoms with E-state index >= 15 is 0 Å². The second-order valence-corrected chi connectivity index (χ2v) is 4.40. The highest BCUT2D eigenvalue weighted by atomic mass is 16.4. The Labute approximate surface area is 120 Å². The number of carbonyl (C=O) groups excluding carboxylic acids is 1. The Balaban J connectivity index is 2.03. The normalized spacial score (nSPS) is 10.6. The number of anilines is 2. The standard InChI is InChI=1S/C14H13N5O2/c1-8-18-19-14(21-8)17-13(20)10-7-12(15-2)16-11-6-4-3-5-9(10)11/h3-7H,1-2H3,(H,15,16)(H,17,19,20). The Hall–Kier alpha value is -2.96. The van der Waals surface area contributed by atoms with Crippen LogP contribution in [0.3, 0.4) is 0 Å². The van der Waals surface area contributed by atoms with Crippen LogP contribution in [0.1, 0.15) is 16.2 Å². The minimum Gasteiger partial charge on any atom is -0.408 e. The molecule has 0 fully saturated rings. The Morgan fingerprint density at radius 3 is 2.76 bits per heavy atom. The maximum Gasteiger partial charge on any atom is 0.322 e. The Morgan fingerprint density at radius 2 is 2.05 bits per heavy atom. The van der Waals surface area contributed by atoms with Crippen LogP contribution in [0.4, 0.5) is 11.8 Å². The van der Waals surface area contributed by atoms with Crippen LogP contribution in [0.15, 0.2) is 34.7 Å². The SMILES string of the molecule is CNc1cc(C(=O)Nc2nnc(C)o2)c2ccccc2n1. The van der Waals surface area contributed by atoms with Crippen LogP contribution in [-0.2, 0) is 0 Å². The number of nitrogens with one attached hydrogen (secondary N) is 2. The van der Waals surface area contributed by atoms with Gasteiger partial charge >= 0.3 is 6.01 Å². The number of fused-ring (bicyclic) bond motifs is 1. The molecule has 0 saturated carbocycles. The molecule has 0 aliphatic rings. The summed E-state index contributed by atoms with van der Waals surface area (Å²) in [5.41, 5.74) is 1.22. The van der Waals surface area contributed by atoms with Crippen LogP contribution < -0.4 is 10.6 Å². The van der Waals surface area contributed by atoms with E-state index in [1.165, 1.54) is 0 Å². The molecule has 0 unspecified atom stereocenters. The predicted molar refractivity (Wildman–Crippen MR) is 78.3 cm³/mol. The Bertz CT molecular complexity index is 812. The molecule has 0 bridgehead atoms. The van der Waals surface area contributed by atoms with E-state index in [2.05, 4.69) is 25.8 Å². The van der Waals surface area contributed by atoms with Crippen molar-refractivity contribution in [1.29, 1.82) is 0 Å². The number of pyridine rings is 1. The van der Waals surface area contributed by atoms with Gasteiger partial charge in [-0.25, -0.2) is 4.98 Å². The van der Waals surface area contributed by atoms with Crippen LogP contribution in [0, 0.1) is 6.92 Å². The Morgan fingerprint density at radius 1 is 1.24 bits per heavy atom. The molecule has 7 heteroatoms. The lowest BCUT2D eigenvalue weighted by Gasteiger charge is -2.08. The van der Waals surface area contributed by atoms with Crippen molar-refractivity contribution in [3.05, 3.63) is 41.8 Å². The number of benzene rings is 1. The first-order valence-corrected chi connectivity index (χ1v) is 6.36. The molecule has 0 aliphatic carbocycles. The molecule has 106 valence electrons. The summed E-state index contributed by atoms with van der Waals surface area (Å²) in [6, 6.07) is 9.18. The van der Waals surface area contributed by atoms with Gasteiger partial charge in [-0.3, -0.25) is 10.1 Å². The number of nitrogens with zero attached hydrogens (tertiary/aromatic N) is 3. The summed E-state index contributed by atoms with van der Waals surface area (Å²) in [5.74, 6) is 0.676. The summed E-state index contributed by atoms with van der Waals surface area (Å²) < 4.78 is 5.16. The fourth-order valence-electron chi connectivity index (χ4n) is 2.00. The molecule has 0 aliphatic heterocycles. The van der Waals surface area contributed by atoms with Crippen molar-refractivity contribution >= 4 is 28.6 Å². The number of hydrogen-bond donors (Lipinski definition) is 2. The van der Waals surface area contributed by atoms with Gasteiger partial charge < -0.3 is 9.73 Å². The number of rotatable bonds is 3. The van der Waals surface area contributed by atoms with E-state index in [-0.39, 0.29) is 11.9 Å². The highest BCUT2D eigenvalue weighted by molar-refractivity contribution is 6.12. The summed E-state index contributed by atoms with van der Waals surface area (Å²) in [6.45, 7) is 1.66. The van der Waals surface area contributed by atoms with Gasteiger partial charge in [0.25, 0.3) is 5.91 Å². The number of amides is 1. The van der Waals surface area contributed by atoms with Crippen molar-refractivity contribution in [3.63, 3.8) is 0 Å². The van der Waals surface area contributed by atoms with Crippen LogP contribution in [0.25, 0.3) is 10.9 Å². The lowest BCUT2D eigenvalue weighted by molar-refractivity contribution is 0.102. The zero-order valence-corrected chi connectivity index (χ0v) is 11.5. The van der Waals surface area contributed by atoms with Gasteiger partial charge in [0.1, 0.15) is 5.82 Å². The minimum atomic E-state index is -0.325. The maximum absolute atomic E-state index is 12.4. The molecule has 2 aromatic heterocycles. The summed E-state index contributed by atoms with van der Waals surface area (Å²) >= 11 is 0. The second kappa shape index (κ2) is 5.20. The lowest BCUT2D eigenvalue weighted by Crippen LogP contribution is -2.13. The fraction of sp³-hybridized carbons (Fsp3) is 0.143. The average Bonchev–Trinajstić information content (AvgIpc) is 2.91. The van der Waals surface area contributed by atoms with Gasteiger partial charge in [0.15, 0.2) is 0 Å². The number of aryl methyl sites for hydroxylation is 1. The third-order valence-corrected chi connectivity index (χ3v) is 2.96. The summed E-state index contributed by atoms with van der Waals surface area (Å²) in [7, 11) is 1.75. The van der Waals surface area contributed by atoms with Crippen molar-refractivity contribution in [2.75, 3.05) is 17.7 Å². The second-order valence-electron chi connectivity index (χ2n) is 4.40. The highest BCUT2D eigenvalue weighted by Crippen LogP contribution is 2.21. The molecule has 1 aromatic carbocycles. The maximum atomic E-state index is 12.4. The quantitative estimate of drug-likeness (QED) is 0.765. The van der Waals surface area contributed by atoms with Crippen molar-refractivity contribution < 1.29 is 9.21 Å². The van der Waals surface area contributed by atoms with Gasteiger partial charge in [-0.1, -0.05) is 23.3 Å². The molecular weight excluding hydrogens is 270 g/mol. The fourth-order valence-corrected chi connectivity index (χ4v) is 2.00. The van der Waals surface area contributed by atoms with E-state index in [9.17, 15) is 4.79 Å². The molecule has 7 nitrogen and oxygen atoms in total. The Kier molecular flexibility index (Phi) is 3.23. The van der Waals surface area contributed by atoms with Gasteiger partial charge in [0.2, 0.25) is 5.89 Å². The third kappa shape index (κ3) is 2.53. The van der Waals surface area contributed by atoms with E-state index in [1.54, 1.807) is 20.0 Å². The molecule has 0 atom stereocenters. The number of hydrogen-bond acceptors (Lipinski definition) is 6. The number of para-hydroxylation sites is 1. The zero-order valence-electron chi connectivity index (χ0n) is 11.5. The van der Waals surface area contributed by atoms with Gasteiger partial charge in [-0.15, -0.1) is 5.10 Å². The molecule has 0 radical (unpaired) electrons. The summed E-state index contributed by atoms with van der Waals surface area (Å²) in [6.07, 6.45) is 0. The molecule has 0 spiro atoms. The molecule has 2 heterocycles. The molecule has 1 amide bonds. The van der Waals surface area contributed by atoms with E-state index in [1.807, 2.05) is 24.3 Å². The zero-order chi connectivity index (χ0) is 14.8. The van der Waals surface area contributed by atoms with Crippen molar-refractivity contribution in [1.82, 2.24) is 15.2 Å². The first kappa shape index (κ1) is 13.0. The molecular formula is C14H13N5O2. The number of carbonyl (C=O) groups is 1.